The Balaban J connectivity index is 2.19. The topological polar surface area (TPSA) is 105 Å². The van der Waals surface area contributed by atoms with Gasteiger partial charge in [0.15, 0.2) is 0 Å². The first-order chi connectivity index (χ1) is 14.9. The monoisotopic (exact) mass is 462 g/mol. The number of hydrogen-bond acceptors (Lipinski definition) is 6. The van der Waals surface area contributed by atoms with Gasteiger partial charge in [-0.15, -0.1) is 0 Å². The first-order valence-electron chi connectivity index (χ1n) is 10.8. The Morgan fingerprint density at radius 2 is 1.56 bits per heavy atom. The minimum Gasteiger partial charge on any atom is -0.350 e. The molecule has 32 heavy (non-hydrogen) atoms. The molecule has 0 aromatic heterocycles. The van der Waals surface area contributed by atoms with Crippen LogP contribution in [0.25, 0.3) is 0 Å². The Morgan fingerprint density at radius 3 is 2.06 bits per heavy atom. The molecule has 0 saturated heterocycles. The highest BCUT2D eigenvalue weighted by molar-refractivity contribution is 7.89. The van der Waals surface area contributed by atoms with Gasteiger partial charge in [-0.1, -0.05) is 26.0 Å². The predicted octanol–water partition coefficient (Wildman–Crippen LogP) is 4.86. The van der Waals surface area contributed by atoms with Crippen LogP contribution in [0.4, 0.5) is 17.1 Å². The number of hydrogen-bond donors (Lipinski definition) is 2. The van der Waals surface area contributed by atoms with E-state index in [1.165, 1.54) is 12.1 Å². The Labute approximate surface area is 191 Å². The zero-order valence-electron chi connectivity index (χ0n) is 19.6. The molecule has 2 aromatic rings. The Hall–Kier alpha value is -2.49. The first-order valence-corrected chi connectivity index (χ1v) is 12.3. The zero-order chi connectivity index (χ0) is 24.1. The normalized spacial score (nSPS) is 12.2. The van der Waals surface area contributed by atoms with Crippen LogP contribution >= 0.6 is 0 Å². The van der Waals surface area contributed by atoms with E-state index in [0.29, 0.717) is 18.2 Å². The number of rotatable bonds is 11. The smallest absolute Gasteiger partial charge is 0.294 e. The average Bonchev–Trinajstić information content (AvgIpc) is 2.71. The van der Waals surface area contributed by atoms with Gasteiger partial charge < -0.3 is 5.32 Å². The molecular weight excluding hydrogens is 428 g/mol. The summed E-state index contributed by atoms with van der Waals surface area (Å²) < 4.78 is 28.0. The summed E-state index contributed by atoms with van der Waals surface area (Å²) in [6.07, 6.45) is 0. The fraction of sp³-hybridized carbons (Fsp3) is 0.478. The Kier molecular flexibility index (Phi) is 8.77. The summed E-state index contributed by atoms with van der Waals surface area (Å²) in [6.45, 7) is 13.2. The molecule has 2 aromatic carbocycles. The molecule has 0 radical (unpaired) electrons. The highest BCUT2D eigenvalue weighted by atomic mass is 32.2. The number of nitrogens with one attached hydrogen (secondary N) is 2. The van der Waals surface area contributed by atoms with Gasteiger partial charge in [0, 0.05) is 36.9 Å². The van der Waals surface area contributed by atoms with Gasteiger partial charge >= 0.3 is 0 Å². The van der Waals surface area contributed by atoms with Crippen LogP contribution in [0.3, 0.4) is 0 Å². The van der Waals surface area contributed by atoms with E-state index in [-0.39, 0.29) is 34.9 Å². The first kappa shape index (κ1) is 25.8. The lowest BCUT2D eigenvalue weighted by atomic mass is 10.0. The van der Waals surface area contributed by atoms with Crippen molar-refractivity contribution in [3.8, 4) is 0 Å². The molecule has 2 N–H and O–H groups in total. The Morgan fingerprint density at radius 1 is 0.969 bits per heavy atom. The van der Waals surface area contributed by atoms with Crippen molar-refractivity contribution in [2.24, 2.45) is 0 Å². The molecule has 0 bridgehead atoms. The SMILES string of the molecule is CC(C)c1ccc(Nc2ccc(S(=O)(=O)NCCN(C(C)C)C(C)C)cc2[N+](=O)[O-])cc1. The quantitative estimate of drug-likeness (QED) is 0.365. The van der Waals surface area contributed by atoms with Gasteiger partial charge in [-0.05, 0) is 63.4 Å². The molecule has 0 aliphatic heterocycles. The van der Waals surface area contributed by atoms with Crippen LogP contribution < -0.4 is 10.0 Å². The van der Waals surface area contributed by atoms with Gasteiger partial charge in [-0.25, -0.2) is 13.1 Å². The largest absolute Gasteiger partial charge is 0.350 e. The molecule has 0 spiro atoms. The van der Waals surface area contributed by atoms with E-state index in [2.05, 4.69) is 56.5 Å². The fourth-order valence-corrected chi connectivity index (χ4v) is 4.59. The average molecular weight is 463 g/mol. The summed E-state index contributed by atoms with van der Waals surface area (Å²) in [4.78, 5) is 13.1. The number of benzene rings is 2. The lowest BCUT2D eigenvalue weighted by Gasteiger charge is -2.30. The summed E-state index contributed by atoms with van der Waals surface area (Å²) in [7, 11) is -3.88. The third kappa shape index (κ3) is 6.75. The van der Waals surface area contributed by atoms with Crippen molar-refractivity contribution < 1.29 is 13.3 Å². The lowest BCUT2D eigenvalue weighted by molar-refractivity contribution is -0.384. The molecule has 176 valence electrons. The maximum absolute atomic E-state index is 12.7. The number of nitro groups is 1. The minimum atomic E-state index is -3.88. The molecule has 0 heterocycles. The minimum absolute atomic E-state index is 0.134. The zero-order valence-corrected chi connectivity index (χ0v) is 20.4. The van der Waals surface area contributed by atoms with E-state index in [9.17, 15) is 18.5 Å². The number of anilines is 2. The third-order valence-electron chi connectivity index (χ3n) is 5.32. The number of sulfonamides is 1. The lowest BCUT2D eigenvalue weighted by Crippen LogP contribution is -2.42. The van der Waals surface area contributed by atoms with E-state index in [0.717, 1.165) is 11.6 Å². The highest BCUT2D eigenvalue weighted by Crippen LogP contribution is 2.30. The second-order valence-corrected chi connectivity index (χ2v) is 10.4. The van der Waals surface area contributed by atoms with Crippen molar-refractivity contribution in [3.05, 3.63) is 58.1 Å². The van der Waals surface area contributed by atoms with Gasteiger partial charge in [0.1, 0.15) is 5.69 Å². The molecule has 0 atom stereocenters. The van der Waals surface area contributed by atoms with Gasteiger partial charge in [0.05, 0.1) is 9.82 Å². The molecule has 0 amide bonds. The molecule has 0 aliphatic rings. The summed E-state index contributed by atoms with van der Waals surface area (Å²) in [5, 5.41) is 14.6. The molecular formula is C23H34N4O4S. The predicted molar refractivity (Wildman–Crippen MR) is 129 cm³/mol. The third-order valence-corrected chi connectivity index (χ3v) is 6.78. The Bertz CT molecular complexity index is 1010. The van der Waals surface area contributed by atoms with E-state index < -0.39 is 14.9 Å². The molecule has 9 heteroatoms. The van der Waals surface area contributed by atoms with E-state index in [1.807, 2.05) is 24.3 Å². The summed E-state index contributed by atoms with van der Waals surface area (Å²) in [6, 6.07) is 12.1. The van der Waals surface area contributed by atoms with Crippen molar-refractivity contribution >= 4 is 27.1 Å². The van der Waals surface area contributed by atoms with Gasteiger partial charge in [-0.3, -0.25) is 15.0 Å². The molecule has 2 rings (SSSR count). The van der Waals surface area contributed by atoms with E-state index in [4.69, 9.17) is 0 Å². The molecule has 8 nitrogen and oxygen atoms in total. The van der Waals surface area contributed by atoms with Crippen LogP contribution in [0.2, 0.25) is 0 Å². The van der Waals surface area contributed by atoms with Crippen molar-refractivity contribution in [2.75, 3.05) is 18.4 Å². The van der Waals surface area contributed by atoms with Crippen LogP contribution in [-0.2, 0) is 10.0 Å². The van der Waals surface area contributed by atoms with E-state index in [1.54, 1.807) is 0 Å². The van der Waals surface area contributed by atoms with Crippen molar-refractivity contribution in [1.29, 1.82) is 0 Å². The maximum atomic E-state index is 12.7. The molecule has 0 aliphatic carbocycles. The van der Waals surface area contributed by atoms with Crippen molar-refractivity contribution in [3.63, 3.8) is 0 Å². The standard InChI is InChI=1S/C23H34N4O4S/c1-16(2)19-7-9-20(10-8-19)25-22-12-11-21(15-23(22)27(28)29)32(30,31)24-13-14-26(17(3)4)18(5)6/h7-12,15-18,24-25H,13-14H2,1-6H3. The summed E-state index contributed by atoms with van der Waals surface area (Å²) >= 11 is 0. The van der Waals surface area contributed by atoms with Gasteiger partial charge in [-0.2, -0.15) is 0 Å². The van der Waals surface area contributed by atoms with Crippen LogP contribution in [-0.4, -0.2) is 43.4 Å². The second-order valence-electron chi connectivity index (χ2n) is 8.66. The van der Waals surface area contributed by atoms with Crippen LogP contribution in [0.15, 0.2) is 47.4 Å². The molecule has 0 saturated carbocycles. The molecule has 0 fully saturated rings. The second kappa shape index (κ2) is 10.9. The van der Waals surface area contributed by atoms with Crippen LogP contribution in [0.1, 0.15) is 53.0 Å². The van der Waals surface area contributed by atoms with Gasteiger partial charge in [0.25, 0.3) is 5.69 Å². The molecule has 0 unspecified atom stereocenters. The van der Waals surface area contributed by atoms with Crippen LogP contribution in [0, 0.1) is 10.1 Å². The van der Waals surface area contributed by atoms with Crippen LogP contribution in [0.5, 0.6) is 0 Å². The number of nitro benzene ring substituents is 1. The summed E-state index contributed by atoms with van der Waals surface area (Å²) in [5.41, 5.74) is 1.78. The number of nitrogens with zero attached hydrogens (tertiary/aromatic N) is 2. The fourth-order valence-electron chi connectivity index (χ4n) is 3.55. The highest BCUT2D eigenvalue weighted by Gasteiger charge is 2.22. The van der Waals surface area contributed by atoms with E-state index >= 15 is 0 Å². The van der Waals surface area contributed by atoms with Gasteiger partial charge in [0.2, 0.25) is 10.0 Å². The van der Waals surface area contributed by atoms with Crippen molar-refractivity contribution in [1.82, 2.24) is 9.62 Å². The maximum Gasteiger partial charge on any atom is 0.294 e. The summed E-state index contributed by atoms with van der Waals surface area (Å²) in [5.74, 6) is 0.378. The van der Waals surface area contributed by atoms with Crippen molar-refractivity contribution in [2.45, 2.75) is 64.4 Å².